The normalized spacial score (nSPS) is 45.3. The third-order valence-corrected chi connectivity index (χ3v) is 4.47. The predicted molar refractivity (Wildman–Crippen MR) is 68.0 cm³/mol. The highest BCUT2D eigenvalue weighted by molar-refractivity contribution is 5.79. The molecule has 5 atom stereocenters. The van der Waals surface area contributed by atoms with Gasteiger partial charge in [-0.1, -0.05) is 12.2 Å². The van der Waals surface area contributed by atoms with Crippen LogP contribution in [0.2, 0.25) is 0 Å². The first-order valence-corrected chi connectivity index (χ1v) is 6.88. The maximum Gasteiger partial charge on any atom is 0.338 e. The predicted octanol–water partition coefficient (Wildman–Crippen LogP) is 2.70. The summed E-state index contributed by atoms with van der Waals surface area (Å²) < 4.78 is 11.2. The van der Waals surface area contributed by atoms with Gasteiger partial charge in [0, 0.05) is 0 Å². The Bertz CT molecular complexity index is 406. The Balaban J connectivity index is 1.66. The van der Waals surface area contributed by atoms with E-state index in [2.05, 4.69) is 19.1 Å². The largest absolute Gasteiger partial charge is 0.458 e. The highest BCUT2D eigenvalue weighted by Crippen LogP contribution is 2.56. The second-order valence-corrected chi connectivity index (χ2v) is 7.10. The lowest BCUT2D eigenvalue weighted by Gasteiger charge is -2.23. The molecule has 1 heterocycles. The number of hydrogen-bond donors (Lipinski definition) is 0. The Kier molecular flexibility index (Phi) is 2.44. The molecule has 0 aromatic rings. The maximum absolute atomic E-state index is 12.0. The van der Waals surface area contributed by atoms with Crippen molar-refractivity contribution >= 4 is 5.97 Å². The van der Waals surface area contributed by atoms with E-state index in [9.17, 15) is 4.79 Å². The molecule has 1 saturated carbocycles. The van der Waals surface area contributed by atoms with Crippen molar-refractivity contribution in [3.05, 3.63) is 12.2 Å². The van der Waals surface area contributed by atoms with Gasteiger partial charge < -0.3 is 9.47 Å². The monoisotopic (exact) mass is 250 g/mol. The Morgan fingerprint density at radius 2 is 2.06 bits per heavy atom. The fourth-order valence-corrected chi connectivity index (χ4v) is 3.58. The smallest absolute Gasteiger partial charge is 0.338 e. The zero-order valence-electron chi connectivity index (χ0n) is 11.6. The van der Waals surface area contributed by atoms with E-state index in [0.29, 0.717) is 17.8 Å². The fourth-order valence-electron chi connectivity index (χ4n) is 3.58. The minimum atomic E-state index is -0.432. The van der Waals surface area contributed by atoms with Crippen LogP contribution in [0.1, 0.15) is 40.5 Å². The zero-order chi connectivity index (χ0) is 13.1. The first-order chi connectivity index (χ1) is 8.29. The summed E-state index contributed by atoms with van der Waals surface area (Å²) in [5.74, 6) is 1.61. The van der Waals surface area contributed by atoms with E-state index in [1.807, 2.05) is 20.8 Å². The number of ether oxygens (including phenoxy) is 2. The van der Waals surface area contributed by atoms with Crippen molar-refractivity contribution in [2.75, 3.05) is 0 Å². The zero-order valence-corrected chi connectivity index (χ0v) is 11.6. The van der Waals surface area contributed by atoms with Crippen LogP contribution < -0.4 is 0 Å². The van der Waals surface area contributed by atoms with Crippen LogP contribution in [0.3, 0.4) is 0 Å². The number of rotatable bonds is 2. The fraction of sp³-hybridized carbons (Fsp3) is 0.800. The van der Waals surface area contributed by atoms with Gasteiger partial charge in [-0.3, -0.25) is 0 Å². The summed E-state index contributed by atoms with van der Waals surface area (Å²) in [6, 6.07) is 0. The summed E-state index contributed by atoms with van der Waals surface area (Å²) in [6.07, 6.45) is 6.67. The molecule has 0 aromatic heterocycles. The van der Waals surface area contributed by atoms with Crippen LogP contribution in [0.5, 0.6) is 0 Å². The number of fused-ring (bicyclic) bond motifs is 2. The summed E-state index contributed by atoms with van der Waals surface area (Å²) in [5, 5.41) is 0. The molecule has 5 unspecified atom stereocenters. The van der Waals surface area contributed by atoms with Crippen molar-refractivity contribution in [3.63, 3.8) is 0 Å². The van der Waals surface area contributed by atoms with Gasteiger partial charge in [-0.15, -0.1) is 0 Å². The van der Waals surface area contributed by atoms with Gasteiger partial charge in [-0.05, 0) is 58.3 Å². The molecule has 3 heteroatoms. The number of carbonyl (C=O) groups is 1. The van der Waals surface area contributed by atoms with Crippen molar-refractivity contribution in [2.24, 2.45) is 17.8 Å². The van der Waals surface area contributed by atoms with E-state index < -0.39 is 5.60 Å². The molecule has 0 spiro atoms. The summed E-state index contributed by atoms with van der Waals surface area (Å²) >= 11 is 0. The van der Waals surface area contributed by atoms with Crippen LogP contribution in [-0.2, 0) is 14.3 Å². The van der Waals surface area contributed by atoms with E-state index >= 15 is 0 Å². The SMILES string of the molecule is CC(C)(C)OC(=O)C1OC1(C)C1CC2C=CC1C2. The number of carbonyl (C=O) groups excluding carboxylic acids is 1. The van der Waals surface area contributed by atoms with Crippen molar-refractivity contribution in [3.8, 4) is 0 Å². The summed E-state index contributed by atoms with van der Waals surface area (Å²) in [5.41, 5.74) is -0.717. The molecule has 0 amide bonds. The molecule has 2 bridgehead atoms. The van der Waals surface area contributed by atoms with Gasteiger partial charge in [0.2, 0.25) is 0 Å². The molecule has 18 heavy (non-hydrogen) atoms. The molecule has 3 rings (SSSR count). The highest BCUT2D eigenvalue weighted by Gasteiger charge is 2.65. The number of esters is 1. The third kappa shape index (κ3) is 1.89. The Morgan fingerprint density at radius 3 is 2.56 bits per heavy atom. The molecular formula is C15H22O3. The molecule has 100 valence electrons. The Morgan fingerprint density at radius 1 is 1.33 bits per heavy atom. The molecule has 1 saturated heterocycles. The second-order valence-electron chi connectivity index (χ2n) is 7.10. The van der Waals surface area contributed by atoms with Crippen molar-refractivity contribution in [1.82, 2.24) is 0 Å². The third-order valence-electron chi connectivity index (χ3n) is 4.47. The van der Waals surface area contributed by atoms with Crippen LogP contribution in [0, 0.1) is 17.8 Å². The van der Waals surface area contributed by atoms with Crippen LogP contribution in [0.25, 0.3) is 0 Å². The van der Waals surface area contributed by atoms with Crippen molar-refractivity contribution < 1.29 is 14.3 Å². The lowest BCUT2D eigenvalue weighted by atomic mass is 9.81. The average Bonchev–Trinajstić information content (AvgIpc) is 2.62. The summed E-state index contributed by atoms with van der Waals surface area (Å²) in [7, 11) is 0. The molecule has 0 radical (unpaired) electrons. The van der Waals surface area contributed by atoms with Gasteiger partial charge in [0.1, 0.15) is 11.2 Å². The molecule has 0 N–H and O–H groups in total. The first kappa shape index (κ1) is 12.2. The number of allylic oxidation sites excluding steroid dienone is 2. The van der Waals surface area contributed by atoms with Crippen LogP contribution in [0.4, 0.5) is 0 Å². The molecule has 1 aliphatic heterocycles. The van der Waals surface area contributed by atoms with Gasteiger partial charge in [0.05, 0.1) is 0 Å². The summed E-state index contributed by atoms with van der Waals surface area (Å²) in [4.78, 5) is 12.0. The number of epoxide rings is 1. The van der Waals surface area contributed by atoms with Crippen LogP contribution in [-0.4, -0.2) is 23.3 Å². The second kappa shape index (κ2) is 3.60. The van der Waals surface area contributed by atoms with Crippen molar-refractivity contribution in [2.45, 2.75) is 57.8 Å². The molecular weight excluding hydrogens is 228 g/mol. The standard InChI is InChI=1S/C15H22O3/c1-14(2,3)18-13(16)12-15(4,17-12)11-8-9-5-6-10(11)7-9/h5-6,9-12H,7-8H2,1-4H3. The quantitative estimate of drug-likeness (QED) is 0.430. The van der Waals surface area contributed by atoms with Gasteiger partial charge in [-0.2, -0.15) is 0 Å². The van der Waals surface area contributed by atoms with Gasteiger partial charge in [0.25, 0.3) is 0 Å². The first-order valence-electron chi connectivity index (χ1n) is 6.88. The minimum absolute atomic E-state index is 0.197. The van der Waals surface area contributed by atoms with Crippen LogP contribution >= 0.6 is 0 Å². The lowest BCUT2D eigenvalue weighted by molar-refractivity contribution is -0.156. The highest BCUT2D eigenvalue weighted by atomic mass is 16.7. The minimum Gasteiger partial charge on any atom is -0.458 e. The van der Waals surface area contributed by atoms with E-state index in [1.165, 1.54) is 6.42 Å². The van der Waals surface area contributed by atoms with Crippen LogP contribution in [0.15, 0.2) is 12.2 Å². The van der Waals surface area contributed by atoms with Gasteiger partial charge in [0.15, 0.2) is 6.10 Å². The Labute approximate surface area is 109 Å². The number of hydrogen-bond acceptors (Lipinski definition) is 3. The molecule has 3 nitrogen and oxygen atoms in total. The lowest BCUT2D eigenvalue weighted by Crippen LogP contribution is -2.33. The van der Waals surface area contributed by atoms with E-state index in [0.717, 1.165) is 6.42 Å². The maximum atomic E-state index is 12.0. The van der Waals surface area contributed by atoms with Crippen molar-refractivity contribution in [1.29, 1.82) is 0 Å². The molecule has 2 aliphatic carbocycles. The van der Waals surface area contributed by atoms with E-state index in [1.54, 1.807) is 0 Å². The topological polar surface area (TPSA) is 38.8 Å². The molecule has 0 aromatic carbocycles. The molecule has 3 aliphatic rings. The Hall–Kier alpha value is -0.830. The molecule has 2 fully saturated rings. The van der Waals surface area contributed by atoms with E-state index in [4.69, 9.17) is 9.47 Å². The van der Waals surface area contributed by atoms with Gasteiger partial charge in [-0.25, -0.2) is 4.79 Å². The average molecular weight is 250 g/mol. The van der Waals surface area contributed by atoms with E-state index in [-0.39, 0.29) is 17.7 Å². The van der Waals surface area contributed by atoms with Gasteiger partial charge >= 0.3 is 5.97 Å². The summed E-state index contributed by atoms with van der Waals surface area (Å²) in [6.45, 7) is 7.75.